The minimum atomic E-state index is -1.37. The molecule has 45 heavy (non-hydrogen) atoms. The Hall–Kier alpha value is -4.50. The number of carbonyl (C=O) groups is 3. The fourth-order valence-electron chi connectivity index (χ4n) is 5.44. The number of ether oxygens (including phenoxy) is 2. The van der Waals surface area contributed by atoms with Gasteiger partial charge in [-0.2, -0.15) is 0 Å². The number of hydrogen-bond donors (Lipinski definition) is 7. The van der Waals surface area contributed by atoms with Crippen molar-refractivity contribution in [2.45, 2.75) is 69.0 Å². The number of aliphatic hydroxyl groups excluding tert-OH is 3. The van der Waals surface area contributed by atoms with E-state index in [4.69, 9.17) is 19.6 Å². The lowest BCUT2D eigenvalue weighted by Gasteiger charge is -2.38. The molecule has 1 fully saturated rings. The van der Waals surface area contributed by atoms with Crippen LogP contribution < -0.4 is 21.2 Å². The van der Waals surface area contributed by atoms with E-state index >= 15 is 0 Å². The molecular formula is C31H36N2O12. The highest BCUT2D eigenvalue weighted by atomic mass is 16.5. The van der Waals surface area contributed by atoms with Gasteiger partial charge in [0.1, 0.15) is 34.5 Å². The van der Waals surface area contributed by atoms with Crippen molar-refractivity contribution in [2.24, 2.45) is 11.7 Å². The summed E-state index contributed by atoms with van der Waals surface area (Å²) in [6.45, 7) is 0. The van der Waals surface area contributed by atoms with Crippen molar-refractivity contribution < 1.29 is 53.8 Å². The highest BCUT2D eigenvalue weighted by Crippen LogP contribution is 2.31. The Bertz CT molecular complexity index is 1590. The number of aliphatic hydroxyl groups is 3. The van der Waals surface area contributed by atoms with Gasteiger partial charge in [0.25, 0.3) is 0 Å². The standard InChI is InChI=1S/C31H36N2O12/c1-43-23-9-6-19(30(41)28(23)31(32)42)33-25(38)10-7-20(35)21(36)8-11-26(39)45-17-12-22(37)27-24(13-17)44-14-18(29(27)40)15-2-4-16(34)5-3-15/h2-5,12-14,19-21,23,28,30,34-37,41H,6-11H2,1H3,(H2,32,42)(H,33,38). The van der Waals surface area contributed by atoms with Gasteiger partial charge in [0.15, 0.2) is 0 Å². The molecule has 0 spiro atoms. The van der Waals surface area contributed by atoms with Crippen molar-refractivity contribution in [1.29, 1.82) is 0 Å². The summed E-state index contributed by atoms with van der Waals surface area (Å²) in [5.74, 6) is -3.62. The van der Waals surface area contributed by atoms with Crippen molar-refractivity contribution in [1.82, 2.24) is 5.32 Å². The van der Waals surface area contributed by atoms with Gasteiger partial charge < -0.3 is 50.5 Å². The number of nitrogens with one attached hydrogen (secondary N) is 1. The largest absolute Gasteiger partial charge is 0.508 e. The molecule has 0 saturated heterocycles. The number of nitrogens with two attached hydrogens (primary N) is 1. The van der Waals surface area contributed by atoms with Gasteiger partial charge in [-0.3, -0.25) is 19.2 Å². The highest BCUT2D eigenvalue weighted by Gasteiger charge is 2.42. The molecule has 14 nitrogen and oxygen atoms in total. The van der Waals surface area contributed by atoms with E-state index in [0.717, 1.165) is 6.07 Å². The molecule has 2 amide bonds. The second-order valence-electron chi connectivity index (χ2n) is 11.0. The van der Waals surface area contributed by atoms with Crippen LogP contribution in [0.4, 0.5) is 0 Å². The number of rotatable bonds is 12. The first kappa shape index (κ1) is 33.4. The maximum atomic E-state index is 13.0. The van der Waals surface area contributed by atoms with Crippen LogP contribution in [0.2, 0.25) is 0 Å². The smallest absolute Gasteiger partial charge is 0.311 e. The van der Waals surface area contributed by atoms with Crippen molar-refractivity contribution in [3.05, 3.63) is 52.9 Å². The van der Waals surface area contributed by atoms with Crippen LogP contribution in [0, 0.1) is 5.92 Å². The van der Waals surface area contributed by atoms with E-state index in [1.54, 1.807) is 0 Å². The SMILES string of the molecule is COC1CCC(NC(=O)CCC(O)C(O)CCC(=O)Oc2cc(O)c3c(=O)c(-c4ccc(O)cc4)coc3c2)C(O)C1C(N)=O. The molecule has 1 aromatic heterocycles. The zero-order valence-corrected chi connectivity index (χ0v) is 24.4. The molecule has 242 valence electrons. The van der Waals surface area contributed by atoms with Crippen molar-refractivity contribution >= 4 is 28.8 Å². The number of phenols is 2. The molecule has 8 N–H and O–H groups in total. The molecule has 0 radical (unpaired) electrons. The van der Waals surface area contributed by atoms with Crippen LogP contribution in [0.5, 0.6) is 17.2 Å². The van der Waals surface area contributed by atoms with E-state index < -0.39 is 65.3 Å². The number of fused-ring (bicyclic) bond motifs is 1. The second-order valence-corrected chi connectivity index (χ2v) is 11.0. The minimum Gasteiger partial charge on any atom is -0.508 e. The summed E-state index contributed by atoms with van der Waals surface area (Å²) >= 11 is 0. The van der Waals surface area contributed by atoms with Gasteiger partial charge in [0, 0.05) is 32.1 Å². The van der Waals surface area contributed by atoms with Crippen molar-refractivity contribution in [3.8, 4) is 28.4 Å². The minimum absolute atomic E-state index is 0.0164. The Kier molecular flexibility index (Phi) is 10.8. The normalized spacial score (nSPS) is 21.2. The molecule has 14 heteroatoms. The average molecular weight is 629 g/mol. The Balaban J connectivity index is 1.26. The number of aromatic hydroxyl groups is 2. The molecule has 1 saturated carbocycles. The van der Waals surface area contributed by atoms with E-state index in [1.165, 1.54) is 43.7 Å². The fraction of sp³-hybridized carbons (Fsp3) is 0.419. The lowest BCUT2D eigenvalue weighted by Crippen LogP contribution is -2.57. The van der Waals surface area contributed by atoms with Crippen LogP contribution >= 0.6 is 0 Å². The molecule has 6 unspecified atom stereocenters. The molecule has 4 rings (SSSR count). The van der Waals surface area contributed by atoms with Gasteiger partial charge in [0.2, 0.25) is 17.2 Å². The molecule has 0 bridgehead atoms. The third-order valence-corrected chi connectivity index (χ3v) is 7.92. The van der Waals surface area contributed by atoms with Gasteiger partial charge >= 0.3 is 5.97 Å². The molecule has 1 aliphatic rings. The summed E-state index contributed by atoms with van der Waals surface area (Å²) in [5.41, 5.74) is 5.42. The average Bonchev–Trinajstić information content (AvgIpc) is 2.99. The third-order valence-electron chi connectivity index (χ3n) is 7.92. The van der Waals surface area contributed by atoms with Crippen LogP contribution in [0.25, 0.3) is 22.1 Å². The molecule has 0 aliphatic heterocycles. The topological polar surface area (TPSA) is 239 Å². The van der Waals surface area contributed by atoms with E-state index in [1.807, 2.05) is 0 Å². The quantitative estimate of drug-likeness (QED) is 0.109. The number of benzene rings is 2. The molecule has 1 aliphatic carbocycles. The van der Waals surface area contributed by atoms with Crippen LogP contribution in [0.1, 0.15) is 38.5 Å². The Morgan fingerprint density at radius 3 is 2.36 bits per heavy atom. The highest BCUT2D eigenvalue weighted by molar-refractivity contribution is 5.88. The number of hydrogen-bond acceptors (Lipinski definition) is 12. The molecule has 2 aromatic carbocycles. The Morgan fingerprint density at radius 1 is 1.04 bits per heavy atom. The van der Waals surface area contributed by atoms with Gasteiger partial charge in [-0.1, -0.05) is 12.1 Å². The van der Waals surface area contributed by atoms with Crippen molar-refractivity contribution in [2.75, 3.05) is 7.11 Å². The van der Waals surface area contributed by atoms with Crippen LogP contribution in [-0.2, 0) is 19.1 Å². The molecular weight excluding hydrogens is 592 g/mol. The van der Waals surface area contributed by atoms with Crippen LogP contribution in [0.3, 0.4) is 0 Å². The van der Waals surface area contributed by atoms with E-state index in [2.05, 4.69) is 5.32 Å². The lowest BCUT2D eigenvalue weighted by molar-refractivity contribution is -0.140. The van der Waals surface area contributed by atoms with Gasteiger partial charge in [-0.05, 0) is 43.4 Å². The lowest BCUT2D eigenvalue weighted by atomic mass is 9.80. The third kappa shape index (κ3) is 7.97. The Morgan fingerprint density at radius 2 is 1.71 bits per heavy atom. The summed E-state index contributed by atoms with van der Waals surface area (Å²) < 4.78 is 15.9. The molecule has 1 heterocycles. The summed E-state index contributed by atoms with van der Waals surface area (Å²) in [5, 5.41) is 53.6. The summed E-state index contributed by atoms with van der Waals surface area (Å²) in [6.07, 6.45) is -3.45. The van der Waals surface area contributed by atoms with Gasteiger partial charge in [0.05, 0.1) is 41.9 Å². The van der Waals surface area contributed by atoms with E-state index in [-0.39, 0.29) is 53.7 Å². The van der Waals surface area contributed by atoms with E-state index in [0.29, 0.717) is 18.4 Å². The number of esters is 1. The summed E-state index contributed by atoms with van der Waals surface area (Å²) in [6, 6.07) is 7.43. The number of methoxy groups -OCH3 is 1. The maximum absolute atomic E-state index is 13.0. The van der Waals surface area contributed by atoms with Crippen LogP contribution in [-0.4, -0.2) is 80.9 Å². The van der Waals surface area contributed by atoms with Crippen molar-refractivity contribution in [3.63, 3.8) is 0 Å². The Labute approximate surface area is 257 Å². The first-order valence-electron chi connectivity index (χ1n) is 14.3. The summed E-state index contributed by atoms with van der Waals surface area (Å²) in [4.78, 5) is 49.6. The van der Waals surface area contributed by atoms with E-state index in [9.17, 15) is 44.7 Å². The predicted molar refractivity (Wildman–Crippen MR) is 158 cm³/mol. The van der Waals surface area contributed by atoms with Gasteiger partial charge in [-0.15, -0.1) is 0 Å². The zero-order chi connectivity index (χ0) is 32.8. The fourth-order valence-corrected chi connectivity index (χ4v) is 5.44. The maximum Gasteiger partial charge on any atom is 0.311 e. The van der Waals surface area contributed by atoms with Gasteiger partial charge in [-0.25, -0.2) is 0 Å². The zero-order valence-electron chi connectivity index (χ0n) is 24.4. The number of phenolic OH excluding ortho intramolecular Hbond substituents is 2. The summed E-state index contributed by atoms with van der Waals surface area (Å²) in [7, 11) is 1.41. The number of amides is 2. The number of carbonyl (C=O) groups excluding carboxylic acids is 3. The first-order valence-corrected chi connectivity index (χ1v) is 14.3. The first-order chi connectivity index (χ1) is 21.4. The monoisotopic (exact) mass is 628 g/mol. The van der Waals surface area contributed by atoms with Crippen LogP contribution in [0.15, 0.2) is 51.9 Å². The second kappa shape index (κ2) is 14.5. The predicted octanol–water partition coefficient (Wildman–Crippen LogP) is 0.815. The number of primary amides is 1. The molecule has 6 atom stereocenters. The molecule has 3 aromatic rings.